The predicted octanol–water partition coefficient (Wildman–Crippen LogP) is 6.35. The fourth-order valence-corrected chi connectivity index (χ4v) is 5.43. The Hall–Kier alpha value is -3.87. The second-order valence-electron chi connectivity index (χ2n) is 8.80. The zero-order valence-corrected chi connectivity index (χ0v) is 26.3. The number of benzene rings is 3. The number of carbonyl (C=O) groups excluding carboxylic acids is 4. The van der Waals surface area contributed by atoms with Crippen molar-refractivity contribution < 1.29 is 33.4 Å². The molecule has 0 unspecified atom stereocenters. The van der Waals surface area contributed by atoms with E-state index in [9.17, 15) is 19.2 Å². The van der Waals surface area contributed by atoms with Gasteiger partial charge in [-0.05, 0) is 98.5 Å². The van der Waals surface area contributed by atoms with E-state index in [1.165, 1.54) is 25.3 Å². The first-order valence-electron chi connectivity index (χ1n) is 12.5. The smallest absolute Gasteiger partial charge is 0.335 e. The first-order chi connectivity index (χ1) is 20.1. The van der Waals surface area contributed by atoms with E-state index in [2.05, 4.69) is 42.5 Å². The number of rotatable bonds is 10. The van der Waals surface area contributed by atoms with Crippen LogP contribution in [-0.2, 0) is 14.4 Å². The number of ether oxygens (including phenoxy) is 3. The highest BCUT2D eigenvalue weighted by molar-refractivity contribution is 9.11. The Morgan fingerprint density at radius 2 is 1.69 bits per heavy atom. The molecule has 2 N–H and O–H groups in total. The van der Waals surface area contributed by atoms with Crippen molar-refractivity contribution in [2.24, 2.45) is 0 Å². The zero-order valence-electron chi connectivity index (χ0n) is 22.3. The van der Waals surface area contributed by atoms with Gasteiger partial charge in [-0.2, -0.15) is 0 Å². The molecule has 1 heterocycles. The van der Waals surface area contributed by atoms with Crippen molar-refractivity contribution in [1.82, 2.24) is 5.32 Å². The van der Waals surface area contributed by atoms with Gasteiger partial charge < -0.3 is 19.5 Å². The summed E-state index contributed by atoms with van der Waals surface area (Å²) in [7, 11) is 1.44. The lowest BCUT2D eigenvalue weighted by Gasteiger charge is -2.27. The molecule has 4 rings (SSSR count). The molecule has 1 aliphatic heterocycles. The van der Waals surface area contributed by atoms with Crippen LogP contribution in [0.1, 0.15) is 18.9 Å². The number of halogens is 3. The van der Waals surface area contributed by atoms with Gasteiger partial charge in [-0.15, -0.1) is 0 Å². The maximum absolute atomic E-state index is 13.4. The monoisotopic (exact) mass is 719 g/mol. The molecule has 0 saturated carbocycles. The maximum atomic E-state index is 13.4. The number of hydrogen-bond acceptors (Lipinski definition) is 7. The van der Waals surface area contributed by atoms with Crippen LogP contribution in [0.5, 0.6) is 17.2 Å². The molecule has 5 amide bonds. The minimum absolute atomic E-state index is 0.194. The summed E-state index contributed by atoms with van der Waals surface area (Å²) >= 11 is 12.7. The van der Waals surface area contributed by atoms with Gasteiger partial charge >= 0.3 is 6.03 Å². The first-order valence-corrected chi connectivity index (χ1v) is 14.5. The van der Waals surface area contributed by atoms with Crippen molar-refractivity contribution in [2.45, 2.75) is 13.3 Å². The number of methoxy groups -OCH3 is 1. The largest absolute Gasteiger partial charge is 0.493 e. The minimum atomic E-state index is -0.894. The van der Waals surface area contributed by atoms with Gasteiger partial charge in [0.25, 0.3) is 17.7 Å². The zero-order chi connectivity index (χ0) is 30.4. The fraction of sp³-hybridized carbons (Fsp3) is 0.172. The summed E-state index contributed by atoms with van der Waals surface area (Å²) in [6, 6.07) is 13.6. The van der Waals surface area contributed by atoms with E-state index in [1.807, 2.05) is 6.92 Å². The Bertz CT molecular complexity index is 1550. The van der Waals surface area contributed by atoms with E-state index in [4.69, 9.17) is 25.8 Å². The van der Waals surface area contributed by atoms with Crippen molar-refractivity contribution in [3.05, 3.63) is 79.7 Å². The summed E-state index contributed by atoms with van der Waals surface area (Å²) in [6.07, 6.45) is 2.13. The topological polar surface area (TPSA) is 123 Å². The highest BCUT2D eigenvalue weighted by atomic mass is 79.9. The van der Waals surface area contributed by atoms with Gasteiger partial charge in [0.15, 0.2) is 18.1 Å². The molecule has 1 aliphatic rings. The van der Waals surface area contributed by atoms with Crippen molar-refractivity contribution in [3.63, 3.8) is 0 Å². The first kappa shape index (κ1) is 31.1. The van der Waals surface area contributed by atoms with Crippen LogP contribution in [0.4, 0.5) is 16.2 Å². The number of urea groups is 1. The Labute approximate surface area is 263 Å². The van der Waals surface area contributed by atoms with Crippen molar-refractivity contribution >= 4 is 84.7 Å². The lowest BCUT2D eigenvalue weighted by Crippen LogP contribution is -2.54. The van der Waals surface area contributed by atoms with Gasteiger partial charge in [0.05, 0.1) is 28.3 Å². The summed E-state index contributed by atoms with van der Waals surface area (Å²) < 4.78 is 17.6. The third kappa shape index (κ3) is 7.30. The average molecular weight is 722 g/mol. The number of barbiturate groups is 1. The number of amides is 5. The SMILES string of the molecule is CCCOc1ccc(N2C(=O)NC(=O)/C(=C\c3cc(Br)c(OCC(=O)Nc4ccc(Cl)cc4)c(Br)c3)C2=O)cc1OC. The fourth-order valence-electron chi connectivity index (χ4n) is 3.85. The Balaban J connectivity index is 1.53. The second kappa shape index (κ2) is 13.9. The molecule has 10 nitrogen and oxygen atoms in total. The number of carbonyl (C=O) groups is 4. The molecule has 3 aromatic carbocycles. The van der Waals surface area contributed by atoms with Crippen LogP contribution in [0.2, 0.25) is 5.02 Å². The predicted molar refractivity (Wildman–Crippen MR) is 165 cm³/mol. The van der Waals surface area contributed by atoms with E-state index < -0.39 is 23.8 Å². The number of nitrogens with one attached hydrogen (secondary N) is 2. The van der Waals surface area contributed by atoms with Gasteiger partial charge in [-0.25, -0.2) is 9.69 Å². The number of anilines is 2. The van der Waals surface area contributed by atoms with Crippen molar-refractivity contribution in [2.75, 3.05) is 30.5 Å². The van der Waals surface area contributed by atoms with Gasteiger partial charge in [-0.1, -0.05) is 18.5 Å². The molecule has 1 saturated heterocycles. The van der Waals surface area contributed by atoms with Crippen LogP contribution >= 0.6 is 43.5 Å². The van der Waals surface area contributed by atoms with Gasteiger partial charge in [0, 0.05) is 16.8 Å². The summed E-state index contributed by atoms with van der Waals surface area (Å²) in [5.41, 5.74) is 0.935. The third-order valence-electron chi connectivity index (χ3n) is 5.78. The normalized spacial score (nSPS) is 14.1. The van der Waals surface area contributed by atoms with E-state index in [0.29, 0.717) is 49.1 Å². The van der Waals surface area contributed by atoms with Crippen molar-refractivity contribution in [3.8, 4) is 17.2 Å². The molecule has 218 valence electrons. The second-order valence-corrected chi connectivity index (χ2v) is 10.9. The van der Waals surface area contributed by atoms with E-state index in [-0.39, 0.29) is 17.9 Å². The molecule has 0 radical (unpaired) electrons. The number of imide groups is 2. The van der Waals surface area contributed by atoms with E-state index >= 15 is 0 Å². The number of hydrogen-bond donors (Lipinski definition) is 2. The molecule has 3 aromatic rings. The van der Waals surface area contributed by atoms with Crippen LogP contribution in [-0.4, -0.2) is 44.1 Å². The minimum Gasteiger partial charge on any atom is -0.493 e. The van der Waals surface area contributed by atoms with E-state index in [0.717, 1.165) is 11.3 Å². The molecule has 0 bridgehead atoms. The van der Waals surface area contributed by atoms with Crippen LogP contribution in [0, 0.1) is 0 Å². The van der Waals surface area contributed by atoms with Crippen LogP contribution in [0.3, 0.4) is 0 Å². The molecule has 0 aliphatic carbocycles. The lowest BCUT2D eigenvalue weighted by molar-refractivity contribution is -0.122. The molecule has 1 fully saturated rings. The Morgan fingerprint density at radius 3 is 2.33 bits per heavy atom. The summed E-state index contributed by atoms with van der Waals surface area (Å²) in [6.45, 7) is 2.14. The average Bonchev–Trinajstić information content (AvgIpc) is 2.95. The molecule has 13 heteroatoms. The summed E-state index contributed by atoms with van der Waals surface area (Å²) in [5, 5.41) is 5.45. The molecular formula is C29H24Br2ClN3O7. The molecule has 0 aromatic heterocycles. The standard InChI is InChI=1S/C29H24Br2ClN3O7/c1-3-10-41-23-9-8-19(14-24(23)40-2)35-28(38)20(27(37)34-29(35)39)11-16-12-21(30)26(22(31)13-16)42-15-25(36)33-18-6-4-17(32)5-7-18/h4-9,11-14H,3,10,15H2,1-2H3,(H,33,36)(H,34,37,39)/b20-11+. The third-order valence-corrected chi connectivity index (χ3v) is 7.21. The van der Waals surface area contributed by atoms with Gasteiger partial charge in [0.2, 0.25) is 0 Å². The van der Waals surface area contributed by atoms with E-state index in [1.54, 1.807) is 42.5 Å². The molecule has 0 spiro atoms. The number of nitrogens with zero attached hydrogens (tertiary/aromatic N) is 1. The summed E-state index contributed by atoms with van der Waals surface area (Å²) in [4.78, 5) is 51.9. The molecular weight excluding hydrogens is 698 g/mol. The maximum Gasteiger partial charge on any atom is 0.335 e. The lowest BCUT2D eigenvalue weighted by atomic mass is 10.1. The molecule has 42 heavy (non-hydrogen) atoms. The summed E-state index contributed by atoms with van der Waals surface area (Å²) in [5.74, 6) is -0.939. The van der Waals surface area contributed by atoms with Crippen molar-refractivity contribution in [1.29, 1.82) is 0 Å². The van der Waals surface area contributed by atoms with Gasteiger partial charge in [-0.3, -0.25) is 19.7 Å². The van der Waals surface area contributed by atoms with Crippen LogP contribution in [0.25, 0.3) is 6.08 Å². The highest BCUT2D eigenvalue weighted by Gasteiger charge is 2.37. The quantitative estimate of drug-likeness (QED) is 0.185. The van der Waals surface area contributed by atoms with Crippen LogP contribution < -0.4 is 29.7 Å². The Morgan fingerprint density at radius 1 is 1.00 bits per heavy atom. The Kier molecular flexibility index (Phi) is 10.3. The highest BCUT2D eigenvalue weighted by Crippen LogP contribution is 2.37. The molecule has 0 atom stereocenters. The van der Waals surface area contributed by atoms with Crippen LogP contribution in [0.15, 0.2) is 69.1 Å². The van der Waals surface area contributed by atoms with Gasteiger partial charge in [0.1, 0.15) is 11.3 Å².